The standard InChI is InChI=1S/C11H12O2/c1-13-10(12)11-7-3-2-4(8(7)11)6-5(3)9(6)11/h3-9H,2H2,1H3/t3-,4+,5-,6+,7-,8-,9?,11?/m0/s1. The van der Waals surface area contributed by atoms with E-state index in [0.29, 0.717) is 0 Å². The third kappa shape index (κ3) is 0.311. The van der Waals surface area contributed by atoms with Gasteiger partial charge in [-0.05, 0) is 47.8 Å². The molecule has 6 aliphatic carbocycles. The minimum atomic E-state index is 0.0949. The Balaban J connectivity index is 1.74. The molecule has 2 bridgehead atoms. The fraction of sp³-hybridized carbons (Fsp3) is 0.909. The van der Waals surface area contributed by atoms with Crippen molar-refractivity contribution in [1.29, 1.82) is 0 Å². The SMILES string of the molecule is COC(=O)C12C3[C@@H]4[C@H]5C[C@@H]([C@H]34)[C@H]1[C@H]52. The smallest absolute Gasteiger partial charge is 0.312 e. The third-order valence-corrected chi connectivity index (χ3v) is 6.06. The van der Waals surface area contributed by atoms with Crippen LogP contribution in [0.2, 0.25) is 0 Å². The van der Waals surface area contributed by atoms with Crippen LogP contribution in [-0.4, -0.2) is 13.1 Å². The number of hydrogen-bond acceptors (Lipinski definition) is 2. The zero-order chi connectivity index (χ0) is 8.53. The molecule has 0 aromatic carbocycles. The quantitative estimate of drug-likeness (QED) is 0.555. The van der Waals surface area contributed by atoms with Crippen molar-refractivity contribution in [1.82, 2.24) is 0 Å². The number of carbonyl (C=O) groups excluding carboxylic acids is 1. The molecule has 0 aromatic rings. The van der Waals surface area contributed by atoms with Crippen molar-refractivity contribution >= 4 is 5.97 Å². The van der Waals surface area contributed by atoms with Crippen molar-refractivity contribution in [2.45, 2.75) is 6.42 Å². The van der Waals surface area contributed by atoms with E-state index in [0.717, 1.165) is 41.4 Å². The van der Waals surface area contributed by atoms with Crippen LogP contribution in [0.25, 0.3) is 0 Å². The van der Waals surface area contributed by atoms with Gasteiger partial charge in [0, 0.05) is 0 Å². The van der Waals surface area contributed by atoms with Gasteiger partial charge in [-0.1, -0.05) is 0 Å². The van der Waals surface area contributed by atoms with E-state index in [1.807, 2.05) is 0 Å². The van der Waals surface area contributed by atoms with Crippen molar-refractivity contribution < 1.29 is 9.53 Å². The van der Waals surface area contributed by atoms with Crippen molar-refractivity contribution in [2.24, 2.45) is 46.8 Å². The molecule has 0 heterocycles. The first-order valence-corrected chi connectivity index (χ1v) is 5.42. The lowest BCUT2D eigenvalue weighted by atomic mass is 9.98. The van der Waals surface area contributed by atoms with Crippen molar-refractivity contribution in [2.75, 3.05) is 7.11 Å². The molecule has 0 saturated heterocycles. The molecule has 6 fully saturated rings. The first-order chi connectivity index (χ1) is 6.33. The van der Waals surface area contributed by atoms with E-state index in [-0.39, 0.29) is 11.4 Å². The maximum absolute atomic E-state index is 11.8. The Morgan fingerprint density at radius 3 is 2.23 bits per heavy atom. The lowest BCUT2D eigenvalue weighted by molar-refractivity contribution is -0.148. The summed E-state index contributed by atoms with van der Waals surface area (Å²) >= 11 is 0. The first kappa shape index (κ1) is 6.05. The molecule has 68 valence electrons. The third-order valence-electron chi connectivity index (χ3n) is 6.06. The molecule has 0 N–H and O–H groups in total. The van der Waals surface area contributed by atoms with E-state index in [1.54, 1.807) is 7.11 Å². The molecule has 0 aliphatic heterocycles. The highest BCUT2D eigenvalue weighted by Gasteiger charge is 3.00. The van der Waals surface area contributed by atoms with Crippen LogP contribution in [0.1, 0.15) is 6.42 Å². The second kappa shape index (κ2) is 1.27. The summed E-state index contributed by atoms with van der Waals surface area (Å²) in [6.07, 6.45) is 1.46. The fourth-order valence-electron chi connectivity index (χ4n) is 6.23. The summed E-state index contributed by atoms with van der Waals surface area (Å²) in [7, 11) is 1.56. The number of carbonyl (C=O) groups is 1. The van der Waals surface area contributed by atoms with Gasteiger partial charge < -0.3 is 4.74 Å². The van der Waals surface area contributed by atoms with Crippen LogP contribution in [0.4, 0.5) is 0 Å². The minimum Gasteiger partial charge on any atom is -0.469 e. The maximum Gasteiger partial charge on any atom is 0.312 e. The van der Waals surface area contributed by atoms with Crippen molar-refractivity contribution in [3.05, 3.63) is 0 Å². The Bertz CT molecular complexity index is 334. The molecule has 13 heavy (non-hydrogen) atoms. The Kier molecular flexibility index (Phi) is 0.591. The van der Waals surface area contributed by atoms with Gasteiger partial charge in [0.15, 0.2) is 0 Å². The Labute approximate surface area is 76.6 Å². The number of rotatable bonds is 1. The zero-order valence-corrected chi connectivity index (χ0v) is 7.57. The number of ether oxygens (including phenoxy) is 1. The number of hydrogen-bond donors (Lipinski definition) is 0. The van der Waals surface area contributed by atoms with Gasteiger partial charge in [-0.3, -0.25) is 4.79 Å². The molecular weight excluding hydrogens is 164 g/mol. The zero-order valence-electron chi connectivity index (χ0n) is 7.57. The van der Waals surface area contributed by atoms with Gasteiger partial charge in [0.1, 0.15) is 0 Å². The monoisotopic (exact) mass is 176 g/mol. The Morgan fingerprint density at radius 2 is 1.85 bits per heavy atom. The van der Waals surface area contributed by atoms with Crippen LogP contribution in [-0.2, 0) is 9.53 Å². The summed E-state index contributed by atoms with van der Waals surface area (Å²) in [6.45, 7) is 0. The average Bonchev–Trinajstić information content (AvgIpc) is 2.92. The highest BCUT2D eigenvalue weighted by molar-refractivity contribution is 5.86. The molecule has 0 aromatic heterocycles. The van der Waals surface area contributed by atoms with Gasteiger partial charge in [0.25, 0.3) is 0 Å². The number of methoxy groups -OCH3 is 1. The van der Waals surface area contributed by atoms with Crippen LogP contribution in [0, 0.1) is 46.8 Å². The van der Waals surface area contributed by atoms with E-state index in [1.165, 1.54) is 6.42 Å². The van der Waals surface area contributed by atoms with E-state index < -0.39 is 0 Å². The predicted octanol–water partition coefficient (Wildman–Crippen LogP) is 0.917. The van der Waals surface area contributed by atoms with Crippen LogP contribution in [0.5, 0.6) is 0 Å². The Hall–Kier alpha value is -0.530. The van der Waals surface area contributed by atoms with Gasteiger partial charge in [-0.25, -0.2) is 0 Å². The molecule has 6 aliphatic rings. The van der Waals surface area contributed by atoms with Crippen LogP contribution >= 0.6 is 0 Å². The largest absolute Gasteiger partial charge is 0.469 e. The lowest BCUT2D eigenvalue weighted by Crippen LogP contribution is -2.21. The fourth-order valence-corrected chi connectivity index (χ4v) is 6.23. The molecule has 6 saturated carbocycles. The second-order valence-corrected chi connectivity index (χ2v) is 5.72. The van der Waals surface area contributed by atoms with Gasteiger partial charge in [0.05, 0.1) is 12.5 Å². The molecule has 2 heteroatoms. The van der Waals surface area contributed by atoms with E-state index >= 15 is 0 Å². The molecule has 0 radical (unpaired) electrons. The molecule has 8 atom stereocenters. The molecular formula is C11H12O2. The molecule has 6 rings (SSSR count). The molecule has 2 nitrogen and oxygen atoms in total. The number of esters is 1. The van der Waals surface area contributed by atoms with Gasteiger partial charge in [-0.15, -0.1) is 0 Å². The molecule has 0 amide bonds. The summed E-state index contributed by atoms with van der Waals surface area (Å²) in [6, 6.07) is 0. The maximum atomic E-state index is 11.8. The summed E-state index contributed by atoms with van der Waals surface area (Å²) in [5.41, 5.74) is 0.0949. The van der Waals surface area contributed by atoms with Crippen LogP contribution in [0.3, 0.4) is 0 Å². The Morgan fingerprint density at radius 1 is 1.23 bits per heavy atom. The summed E-state index contributed by atoms with van der Waals surface area (Å²) in [4.78, 5) is 11.8. The first-order valence-electron chi connectivity index (χ1n) is 5.42. The predicted molar refractivity (Wildman–Crippen MR) is 43.5 cm³/mol. The summed E-state index contributed by atoms with van der Waals surface area (Å²) in [5, 5.41) is 0. The van der Waals surface area contributed by atoms with Gasteiger partial charge in [-0.2, -0.15) is 0 Å². The normalized spacial score (nSPS) is 77.2. The molecule has 2 unspecified atom stereocenters. The van der Waals surface area contributed by atoms with E-state index in [4.69, 9.17) is 4.74 Å². The topological polar surface area (TPSA) is 26.3 Å². The van der Waals surface area contributed by atoms with Gasteiger partial charge in [0.2, 0.25) is 0 Å². The lowest BCUT2D eigenvalue weighted by Gasteiger charge is -2.10. The molecule has 0 spiro atoms. The van der Waals surface area contributed by atoms with E-state index in [2.05, 4.69) is 0 Å². The van der Waals surface area contributed by atoms with Gasteiger partial charge >= 0.3 is 5.97 Å². The highest BCUT2D eigenvalue weighted by Crippen LogP contribution is 3.00. The second-order valence-electron chi connectivity index (χ2n) is 5.72. The minimum absolute atomic E-state index is 0.0949. The summed E-state index contributed by atoms with van der Waals surface area (Å²) in [5.74, 6) is 6.34. The summed E-state index contributed by atoms with van der Waals surface area (Å²) < 4.78 is 5.00. The van der Waals surface area contributed by atoms with Crippen LogP contribution in [0.15, 0.2) is 0 Å². The van der Waals surface area contributed by atoms with Crippen molar-refractivity contribution in [3.8, 4) is 0 Å². The van der Waals surface area contributed by atoms with E-state index in [9.17, 15) is 4.79 Å². The highest BCUT2D eigenvalue weighted by atomic mass is 16.5. The average molecular weight is 176 g/mol. The van der Waals surface area contributed by atoms with Crippen LogP contribution < -0.4 is 0 Å². The van der Waals surface area contributed by atoms with Crippen molar-refractivity contribution in [3.63, 3.8) is 0 Å².